The van der Waals surface area contributed by atoms with Crippen LogP contribution in [0.1, 0.15) is 31.2 Å². The molecule has 0 atom stereocenters. The summed E-state index contributed by atoms with van der Waals surface area (Å²) in [5, 5.41) is 1.82. The molecule has 2 aromatic rings. The molecule has 0 amide bonds. The van der Waals surface area contributed by atoms with Crippen molar-refractivity contribution in [1.29, 1.82) is 0 Å². The van der Waals surface area contributed by atoms with Crippen LogP contribution in [-0.2, 0) is 5.75 Å². The summed E-state index contributed by atoms with van der Waals surface area (Å²) in [5.74, 6) is 2.46. The van der Waals surface area contributed by atoms with E-state index in [-0.39, 0.29) is 0 Å². The predicted molar refractivity (Wildman–Crippen MR) is 135 cm³/mol. The molecule has 2 heterocycles. The van der Waals surface area contributed by atoms with Crippen LogP contribution in [-0.4, -0.2) is 61.4 Å². The second-order valence-corrected chi connectivity index (χ2v) is 9.73. The molecule has 7 heteroatoms. The Morgan fingerprint density at radius 2 is 1.94 bits per heavy atom. The monoisotopic (exact) mass is 473 g/mol. The zero-order valence-electron chi connectivity index (χ0n) is 18.9. The first-order chi connectivity index (χ1) is 15.6. The maximum absolute atomic E-state index is 6.01. The first-order valence-corrected chi connectivity index (χ1v) is 12.7. The highest BCUT2D eigenvalue weighted by molar-refractivity contribution is 8.13. The molecule has 2 aliphatic heterocycles. The Morgan fingerprint density at radius 1 is 1.12 bits per heavy atom. The number of hydrogen-bond donors (Lipinski definition) is 0. The Morgan fingerprint density at radius 3 is 2.75 bits per heavy atom. The smallest absolute Gasteiger partial charge is 0.164 e. The summed E-state index contributed by atoms with van der Waals surface area (Å²) >= 11 is 7.87. The summed E-state index contributed by atoms with van der Waals surface area (Å²) < 4.78 is 11.2. The van der Waals surface area contributed by atoms with Gasteiger partial charge >= 0.3 is 0 Å². The molecule has 4 rings (SSSR count). The van der Waals surface area contributed by atoms with E-state index < -0.39 is 0 Å². The number of thioether (sulfide) groups is 1. The van der Waals surface area contributed by atoms with E-state index in [9.17, 15) is 0 Å². The lowest BCUT2D eigenvalue weighted by Gasteiger charge is -2.38. The summed E-state index contributed by atoms with van der Waals surface area (Å²) in [7, 11) is 3.85. The van der Waals surface area contributed by atoms with Gasteiger partial charge in [-0.3, -0.25) is 0 Å². The van der Waals surface area contributed by atoms with Crippen LogP contribution in [0.15, 0.2) is 47.5 Å². The molecule has 1 saturated heterocycles. The molecule has 0 bridgehead atoms. The van der Waals surface area contributed by atoms with Gasteiger partial charge in [0.25, 0.3) is 0 Å². The number of likely N-dealkylation sites (tertiary alicyclic amines) is 1. The van der Waals surface area contributed by atoms with Gasteiger partial charge in [-0.1, -0.05) is 41.6 Å². The number of hydrogen-bond acceptors (Lipinski definition) is 6. The molecule has 0 aromatic heterocycles. The minimum atomic E-state index is 0.573. The predicted octanol–water partition coefficient (Wildman–Crippen LogP) is 5.84. The third kappa shape index (κ3) is 5.91. The highest BCUT2D eigenvalue weighted by Gasteiger charge is 2.26. The lowest BCUT2D eigenvalue weighted by molar-refractivity contribution is 0.161. The van der Waals surface area contributed by atoms with Crippen LogP contribution in [0.3, 0.4) is 0 Å². The van der Waals surface area contributed by atoms with Gasteiger partial charge in [0.1, 0.15) is 0 Å². The Labute approximate surface area is 200 Å². The van der Waals surface area contributed by atoms with Gasteiger partial charge in [0, 0.05) is 43.0 Å². The maximum atomic E-state index is 6.01. The summed E-state index contributed by atoms with van der Waals surface area (Å²) in [6.45, 7) is 4.11. The highest BCUT2D eigenvalue weighted by Crippen LogP contribution is 2.33. The fourth-order valence-electron chi connectivity index (χ4n) is 4.27. The van der Waals surface area contributed by atoms with Crippen LogP contribution in [0.25, 0.3) is 0 Å². The van der Waals surface area contributed by atoms with Crippen molar-refractivity contribution in [2.75, 3.05) is 40.4 Å². The van der Waals surface area contributed by atoms with E-state index >= 15 is 0 Å². The van der Waals surface area contributed by atoms with Gasteiger partial charge in [-0.2, -0.15) is 0 Å². The number of benzene rings is 2. The highest BCUT2D eigenvalue weighted by atomic mass is 35.5. The number of unbranched alkanes of at least 4 members (excludes halogenated alkanes) is 1. The largest absolute Gasteiger partial charge is 0.493 e. The SMILES string of the molecule is COc1cc(Cl)ccc1OCCCCN1CCC(N(C)C2=Nc3ccccc3CS2)CC1. The summed E-state index contributed by atoms with van der Waals surface area (Å²) in [5.41, 5.74) is 2.46. The van der Waals surface area contributed by atoms with Crippen molar-refractivity contribution in [1.82, 2.24) is 9.80 Å². The zero-order valence-corrected chi connectivity index (χ0v) is 20.5. The number of methoxy groups -OCH3 is 1. The average Bonchev–Trinajstić information content (AvgIpc) is 2.84. The lowest BCUT2D eigenvalue weighted by atomic mass is 10.0. The van der Waals surface area contributed by atoms with Gasteiger partial charge in [0.2, 0.25) is 0 Å². The molecule has 32 heavy (non-hydrogen) atoms. The number of fused-ring (bicyclic) bond motifs is 1. The molecule has 5 nitrogen and oxygen atoms in total. The van der Waals surface area contributed by atoms with Crippen LogP contribution in [0.5, 0.6) is 11.5 Å². The number of nitrogens with zero attached hydrogens (tertiary/aromatic N) is 3. The van der Waals surface area contributed by atoms with Crippen molar-refractivity contribution >= 4 is 34.2 Å². The van der Waals surface area contributed by atoms with Crippen molar-refractivity contribution in [2.24, 2.45) is 4.99 Å². The molecule has 0 aliphatic carbocycles. The van der Waals surface area contributed by atoms with Crippen molar-refractivity contribution in [3.63, 3.8) is 0 Å². The topological polar surface area (TPSA) is 37.3 Å². The molecule has 0 spiro atoms. The molecule has 0 unspecified atom stereocenters. The van der Waals surface area contributed by atoms with E-state index in [1.54, 1.807) is 13.2 Å². The lowest BCUT2D eigenvalue weighted by Crippen LogP contribution is -2.45. The van der Waals surface area contributed by atoms with Gasteiger partial charge in [-0.05, 0) is 56.0 Å². The number of aliphatic imine (C=N–C) groups is 1. The third-order valence-electron chi connectivity index (χ3n) is 6.22. The van der Waals surface area contributed by atoms with E-state index in [1.807, 2.05) is 23.9 Å². The average molecular weight is 474 g/mol. The van der Waals surface area contributed by atoms with Crippen molar-refractivity contribution in [3.8, 4) is 11.5 Å². The molecule has 2 aromatic carbocycles. The minimum Gasteiger partial charge on any atom is -0.493 e. The molecule has 1 fully saturated rings. The Hall–Kier alpha value is -1.89. The van der Waals surface area contributed by atoms with Crippen molar-refractivity contribution in [3.05, 3.63) is 53.1 Å². The number of ether oxygens (including phenoxy) is 2. The van der Waals surface area contributed by atoms with E-state index in [1.165, 1.54) is 18.4 Å². The molecule has 0 N–H and O–H groups in total. The van der Waals surface area contributed by atoms with Crippen molar-refractivity contribution < 1.29 is 9.47 Å². The third-order valence-corrected chi connectivity index (χ3v) is 7.55. The number of halogens is 1. The Balaban J connectivity index is 1.16. The second-order valence-electron chi connectivity index (χ2n) is 8.35. The van der Waals surface area contributed by atoms with Gasteiger partial charge in [-0.15, -0.1) is 0 Å². The summed E-state index contributed by atoms with van der Waals surface area (Å²) in [6, 6.07) is 14.5. The molecule has 172 valence electrons. The van der Waals surface area contributed by atoms with Gasteiger partial charge in [-0.25, -0.2) is 4.99 Å². The quantitative estimate of drug-likeness (QED) is 0.450. The first kappa shape index (κ1) is 23.3. The Bertz CT molecular complexity index is 931. The molecular weight excluding hydrogens is 442 g/mol. The fraction of sp³-hybridized carbons (Fsp3) is 0.480. The molecule has 0 radical (unpaired) electrons. The van der Waals surface area contributed by atoms with Crippen LogP contribution in [0, 0.1) is 0 Å². The molecule has 0 saturated carbocycles. The number of rotatable bonds is 8. The van der Waals surface area contributed by atoms with Gasteiger partial charge < -0.3 is 19.3 Å². The second kappa shape index (κ2) is 11.3. The van der Waals surface area contributed by atoms with Crippen LogP contribution in [0.2, 0.25) is 5.02 Å². The van der Waals surface area contributed by atoms with Crippen LogP contribution < -0.4 is 9.47 Å². The van der Waals surface area contributed by atoms with Crippen LogP contribution in [0.4, 0.5) is 5.69 Å². The Kier molecular flexibility index (Phi) is 8.22. The van der Waals surface area contributed by atoms with Crippen LogP contribution >= 0.6 is 23.4 Å². The summed E-state index contributed by atoms with van der Waals surface area (Å²) in [4.78, 5) is 9.90. The van der Waals surface area contributed by atoms with E-state index in [0.717, 1.165) is 54.8 Å². The summed E-state index contributed by atoms with van der Waals surface area (Å²) in [6.07, 6.45) is 4.54. The maximum Gasteiger partial charge on any atom is 0.164 e. The van der Waals surface area contributed by atoms with E-state index in [2.05, 4.69) is 41.1 Å². The normalized spacial score (nSPS) is 16.9. The van der Waals surface area contributed by atoms with E-state index in [4.69, 9.17) is 26.1 Å². The molecular formula is C25H32ClN3O2S. The number of amidine groups is 1. The first-order valence-electron chi connectivity index (χ1n) is 11.3. The number of piperidine rings is 1. The van der Waals surface area contributed by atoms with Gasteiger partial charge in [0.05, 0.1) is 19.4 Å². The zero-order chi connectivity index (χ0) is 22.3. The minimum absolute atomic E-state index is 0.573. The standard InChI is InChI=1S/C25H32ClN3O2S/c1-28(25-27-22-8-4-3-7-19(22)18-32-25)21-11-14-29(15-12-21)13-5-6-16-31-23-10-9-20(26)17-24(23)30-2/h3-4,7-10,17,21H,5-6,11-16,18H2,1-2H3. The fourth-order valence-corrected chi connectivity index (χ4v) is 5.47. The molecule has 2 aliphatic rings. The van der Waals surface area contributed by atoms with Crippen molar-refractivity contribution in [2.45, 2.75) is 37.5 Å². The van der Waals surface area contributed by atoms with Gasteiger partial charge in [0.15, 0.2) is 16.7 Å². The van der Waals surface area contributed by atoms with E-state index in [0.29, 0.717) is 23.4 Å². The number of para-hydroxylation sites is 1.